The quantitative estimate of drug-likeness (QED) is 0.420. The third-order valence-corrected chi connectivity index (χ3v) is 6.66. The highest BCUT2D eigenvalue weighted by atomic mass is 32.2. The summed E-state index contributed by atoms with van der Waals surface area (Å²) in [5.74, 6) is -0.524. The molecular weight excluding hydrogens is 397 g/mol. The first-order valence-corrected chi connectivity index (χ1v) is 11.0. The Kier molecular flexibility index (Phi) is 6.53. The molecule has 3 rings (SSSR count). The highest BCUT2D eigenvalue weighted by Crippen LogP contribution is 2.35. The van der Waals surface area contributed by atoms with Gasteiger partial charge in [0.1, 0.15) is 5.82 Å². The number of benzene rings is 3. The van der Waals surface area contributed by atoms with E-state index in [1.807, 2.05) is 37.3 Å². The Hall–Kier alpha value is -3.18. The molecule has 0 aliphatic carbocycles. The lowest BCUT2D eigenvalue weighted by molar-refractivity contribution is 0.590. The van der Waals surface area contributed by atoms with E-state index in [1.54, 1.807) is 36.4 Å². The number of hydrogen-bond donors (Lipinski definition) is 0. The highest BCUT2D eigenvalue weighted by molar-refractivity contribution is 7.92. The summed E-state index contributed by atoms with van der Waals surface area (Å²) < 4.78 is 43.3. The van der Waals surface area contributed by atoms with Gasteiger partial charge >= 0.3 is 0 Å². The number of sulfonamides is 1. The zero-order valence-corrected chi connectivity index (χ0v) is 17.7. The molecule has 0 amide bonds. The van der Waals surface area contributed by atoms with Crippen LogP contribution in [0.25, 0.3) is 5.57 Å². The first kappa shape index (κ1) is 21.5. The van der Waals surface area contributed by atoms with Crippen LogP contribution >= 0.6 is 0 Å². The largest absolute Gasteiger partial charge is 0.265 e. The second-order valence-electron chi connectivity index (χ2n) is 6.95. The first-order valence-electron chi connectivity index (χ1n) is 9.59. The number of hydrogen-bond acceptors (Lipinski definition) is 2. The van der Waals surface area contributed by atoms with Crippen molar-refractivity contribution in [1.82, 2.24) is 0 Å². The van der Waals surface area contributed by atoms with Crippen LogP contribution in [-0.2, 0) is 10.0 Å². The zero-order chi connectivity index (χ0) is 21.7. The molecule has 3 aromatic carbocycles. The molecule has 0 unspecified atom stereocenters. The second kappa shape index (κ2) is 9.09. The summed E-state index contributed by atoms with van der Waals surface area (Å²) in [4.78, 5) is 0.151. The van der Waals surface area contributed by atoms with Crippen molar-refractivity contribution in [2.24, 2.45) is 0 Å². The molecule has 3 nitrogen and oxygen atoms in total. The van der Waals surface area contributed by atoms with Gasteiger partial charge in [0.25, 0.3) is 10.0 Å². The molecule has 3 aromatic rings. The van der Waals surface area contributed by atoms with Gasteiger partial charge in [0.15, 0.2) is 0 Å². The van der Waals surface area contributed by atoms with Gasteiger partial charge in [0.05, 0.1) is 10.6 Å². The molecule has 30 heavy (non-hydrogen) atoms. The highest BCUT2D eigenvalue weighted by Gasteiger charge is 2.28. The summed E-state index contributed by atoms with van der Waals surface area (Å²) in [6.45, 7) is 9.79. The van der Waals surface area contributed by atoms with Gasteiger partial charge < -0.3 is 0 Å². The van der Waals surface area contributed by atoms with Gasteiger partial charge in [-0.05, 0) is 48.7 Å². The van der Waals surface area contributed by atoms with E-state index in [0.29, 0.717) is 12.0 Å². The monoisotopic (exact) mass is 421 g/mol. The van der Waals surface area contributed by atoms with Crippen molar-refractivity contribution >= 4 is 21.3 Å². The van der Waals surface area contributed by atoms with Gasteiger partial charge in [0.2, 0.25) is 0 Å². The van der Waals surface area contributed by atoms with E-state index in [1.165, 1.54) is 16.4 Å². The Morgan fingerprint density at radius 1 is 1.00 bits per heavy atom. The van der Waals surface area contributed by atoms with Gasteiger partial charge in [-0.15, -0.1) is 6.58 Å². The standard InChI is InChI=1S/C25H24FNO2S/c1-4-5-18-27(30(28,29)22-16-14-19(2)15-17-22)24-13-9-12-23(26)25(24)20(3)21-10-7-6-8-11-21/h4,6-17H,1,3,5,18H2,2H3. The summed E-state index contributed by atoms with van der Waals surface area (Å²) in [6, 6.07) is 20.2. The fraction of sp³-hybridized carbons (Fsp3) is 0.120. The predicted molar refractivity (Wildman–Crippen MR) is 122 cm³/mol. The molecule has 154 valence electrons. The SMILES string of the molecule is C=CCCN(c1cccc(F)c1C(=C)c1ccccc1)S(=O)(=O)c1ccc(C)cc1. The summed E-state index contributed by atoms with van der Waals surface area (Å²) in [6.07, 6.45) is 2.06. The Balaban J connectivity index is 2.18. The average Bonchev–Trinajstić information content (AvgIpc) is 2.74. The minimum Gasteiger partial charge on any atom is -0.265 e. The number of nitrogens with zero attached hydrogens (tertiary/aromatic N) is 1. The van der Waals surface area contributed by atoms with Crippen LogP contribution in [0.1, 0.15) is 23.1 Å². The molecule has 0 fully saturated rings. The van der Waals surface area contributed by atoms with Gasteiger partial charge in [-0.25, -0.2) is 12.8 Å². The van der Waals surface area contributed by atoms with Gasteiger partial charge in [0, 0.05) is 12.1 Å². The fourth-order valence-corrected chi connectivity index (χ4v) is 4.71. The Bertz CT molecular complexity index is 1150. The predicted octanol–water partition coefficient (Wildman–Crippen LogP) is 5.97. The van der Waals surface area contributed by atoms with Crippen LogP contribution in [-0.4, -0.2) is 15.0 Å². The van der Waals surface area contributed by atoms with Crippen molar-refractivity contribution < 1.29 is 12.8 Å². The molecule has 0 aliphatic rings. The maximum absolute atomic E-state index is 15.0. The summed E-state index contributed by atoms with van der Waals surface area (Å²) in [5.41, 5.74) is 2.52. The molecule has 0 spiro atoms. The van der Waals surface area contributed by atoms with Crippen molar-refractivity contribution in [2.75, 3.05) is 10.8 Å². The van der Waals surface area contributed by atoms with Crippen LogP contribution in [0.3, 0.4) is 0 Å². The van der Waals surface area contributed by atoms with Gasteiger partial charge in [-0.2, -0.15) is 0 Å². The minimum atomic E-state index is -3.92. The van der Waals surface area contributed by atoms with E-state index < -0.39 is 15.8 Å². The molecule has 0 bridgehead atoms. The van der Waals surface area contributed by atoms with Crippen LogP contribution in [0.15, 0.2) is 96.9 Å². The lowest BCUT2D eigenvalue weighted by Gasteiger charge is -2.27. The normalized spacial score (nSPS) is 11.1. The van der Waals surface area contributed by atoms with Crippen LogP contribution in [0.4, 0.5) is 10.1 Å². The Morgan fingerprint density at radius 2 is 1.67 bits per heavy atom. The van der Waals surface area contributed by atoms with E-state index in [4.69, 9.17) is 0 Å². The van der Waals surface area contributed by atoms with Crippen molar-refractivity contribution in [3.05, 3.63) is 115 Å². The number of halogens is 1. The number of rotatable bonds is 8. The molecule has 0 saturated heterocycles. The molecule has 0 saturated carbocycles. The van der Waals surface area contributed by atoms with Crippen molar-refractivity contribution in [1.29, 1.82) is 0 Å². The topological polar surface area (TPSA) is 37.4 Å². The molecule has 0 radical (unpaired) electrons. The van der Waals surface area contributed by atoms with E-state index in [-0.39, 0.29) is 22.7 Å². The van der Waals surface area contributed by atoms with E-state index in [0.717, 1.165) is 11.1 Å². The molecule has 0 aliphatic heterocycles. The van der Waals surface area contributed by atoms with Crippen LogP contribution in [0.2, 0.25) is 0 Å². The number of aryl methyl sites for hydroxylation is 1. The maximum Gasteiger partial charge on any atom is 0.264 e. The van der Waals surface area contributed by atoms with E-state index >= 15 is 4.39 Å². The molecule has 0 heterocycles. The molecule has 0 atom stereocenters. The van der Waals surface area contributed by atoms with E-state index in [9.17, 15) is 8.42 Å². The molecule has 0 aromatic heterocycles. The van der Waals surface area contributed by atoms with Crippen molar-refractivity contribution in [3.8, 4) is 0 Å². The average molecular weight is 422 g/mol. The summed E-state index contributed by atoms with van der Waals surface area (Å²) in [5, 5.41) is 0. The lowest BCUT2D eigenvalue weighted by atomic mass is 9.97. The van der Waals surface area contributed by atoms with Crippen molar-refractivity contribution in [2.45, 2.75) is 18.2 Å². The molecule has 5 heteroatoms. The van der Waals surface area contributed by atoms with Crippen molar-refractivity contribution in [3.63, 3.8) is 0 Å². The third-order valence-electron chi connectivity index (χ3n) is 4.83. The van der Waals surface area contributed by atoms with Crippen LogP contribution in [0, 0.1) is 12.7 Å². The van der Waals surface area contributed by atoms with E-state index in [2.05, 4.69) is 13.2 Å². The maximum atomic E-state index is 15.0. The van der Waals surface area contributed by atoms with Gasteiger partial charge in [-0.1, -0.05) is 66.7 Å². The zero-order valence-electron chi connectivity index (χ0n) is 16.9. The first-order chi connectivity index (χ1) is 14.4. The summed E-state index contributed by atoms with van der Waals surface area (Å²) in [7, 11) is -3.92. The molecule has 0 N–H and O–H groups in total. The van der Waals surface area contributed by atoms with Crippen LogP contribution < -0.4 is 4.31 Å². The number of anilines is 1. The Morgan fingerprint density at radius 3 is 2.30 bits per heavy atom. The Labute approximate surface area is 177 Å². The summed E-state index contributed by atoms with van der Waals surface area (Å²) >= 11 is 0. The third kappa shape index (κ3) is 4.36. The lowest BCUT2D eigenvalue weighted by Crippen LogP contribution is -2.33. The van der Waals surface area contributed by atoms with Gasteiger partial charge in [-0.3, -0.25) is 4.31 Å². The molecular formula is C25H24FNO2S. The van der Waals surface area contributed by atoms with Crippen LogP contribution in [0.5, 0.6) is 0 Å². The second-order valence-corrected chi connectivity index (χ2v) is 8.81. The minimum absolute atomic E-state index is 0.137. The fourth-order valence-electron chi connectivity index (χ4n) is 3.22. The smallest absolute Gasteiger partial charge is 0.264 e.